The Kier molecular flexibility index (Phi) is 4.03. The monoisotopic (exact) mass is 372 g/mol. The van der Waals surface area contributed by atoms with Crippen LogP contribution in [0.1, 0.15) is 34.1 Å². The number of aromatic amines is 1. The van der Waals surface area contributed by atoms with Crippen molar-refractivity contribution in [1.82, 2.24) is 4.98 Å². The number of aromatic nitrogens is 1. The summed E-state index contributed by atoms with van der Waals surface area (Å²) < 4.78 is 13.3. The van der Waals surface area contributed by atoms with E-state index in [2.05, 4.69) is 17.2 Å². The first-order chi connectivity index (χ1) is 12.4. The summed E-state index contributed by atoms with van der Waals surface area (Å²) in [5, 5.41) is 13.7. The van der Waals surface area contributed by atoms with Crippen molar-refractivity contribution in [3.8, 4) is 5.75 Å². The van der Waals surface area contributed by atoms with Crippen molar-refractivity contribution in [1.29, 1.82) is 0 Å². The Morgan fingerprint density at radius 1 is 1.42 bits per heavy atom. The molecule has 0 bridgehead atoms. The third-order valence-electron chi connectivity index (χ3n) is 4.75. The number of anilines is 1. The van der Waals surface area contributed by atoms with Crippen molar-refractivity contribution < 1.29 is 14.3 Å². The molecule has 3 N–H and O–H groups in total. The van der Waals surface area contributed by atoms with Crippen LogP contribution >= 0.6 is 11.3 Å². The first kappa shape index (κ1) is 16.8. The molecule has 1 aliphatic rings. The van der Waals surface area contributed by atoms with Gasteiger partial charge in [0.15, 0.2) is 0 Å². The van der Waals surface area contributed by atoms with E-state index in [1.807, 2.05) is 0 Å². The lowest BCUT2D eigenvalue weighted by atomic mass is 9.89. The fraction of sp³-hybridized carbons (Fsp3) is 0.263. The molecule has 1 atom stereocenters. The summed E-state index contributed by atoms with van der Waals surface area (Å²) in [6.45, 7) is 2.17. The van der Waals surface area contributed by atoms with E-state index in [1.54, 1.807) is 0 Å². The van der Waals surface area contributed by atoms with Crippen LogP contribution in [0.3, 0.4) is 0 Å². The van der Waals surface area contributed by atoms with Gasteiger partial charge in [-0.05, 0) is 48.9 Å². The molecule has 0 spiro atoms. The molecule has 7 heteroatoms. The van der Waals surface area contributed by atoms with Gasteiger partial charge in [0.2, 0.25) is 0 Å². The molecule has 2 aromatic heterocycles. The van der Waals surface area contributed by atoms with Crippen molar-refractivity contribution in [2.45, 2.75) is 26.2 Å². The standard InChI is InChI=1S/C19H17FN2O3S/c1-9-5-6-12-13(7-9)26-19-14(12)16(23)15(18(25)22-19)17(24)21-11-4-2-3-10(20)8-11/h2-4,8-9H,5-7H2,1H3,(H,21,24)(H2,22,23,25)/t9-/m1/s1. The third-order valence-corrected chi connectivity index (χ3v) is 5.92. The zero-order valence-corrected chi connectivity index (χ0v) is 14.9. The van der Waals surface area contributed by atoms with Crippen LogP contribution in [0.25, 0.3) is 10.2 Å². The van der Waals surface area contributed by atoms with Crippen LogP contribution in [0.5, 0.6) is 5.75 Å². The Hall–Kier alpha value is -2.67. The zero-order valence-electron chi connectivity index (χ0n) is 14.1. The normalized spacial score (nSPS) is 16.5. The lowest BCUT2D eigenvalue weighted by Gasteiger charge is -2.18. The molecule has 1 amide bonds. The van der Waals surface area contributed by atoms with Crippen molar-refractivity contribution >= 4 is 33.1 Å². The summed E-state index contributed by atoms with van der Waals surface area (Å²) in [6.07, 6.45) is 2.71. The van der Waals surface area contributed by atoms with Crippen LogP contribution in [0.2, 0.25) is 0 Å². The fourth-order valence-electron chi connectivity index (χ4n) is 3.46. The number of fused-ring (bicyclic) bond motifs is 3. The molecule has 134 valence electrons. The van der Waals surface area contributed by atoms with Crippen LogP contribution in [0, 0.1) is 11.7 Å². The third kappa shape index (κ3) is 2.78. The highest BCUT2D eigenvalue weighted by Gasteiger charge is 2.27. The summed E-state index contributed by atoms with van der Waals surface area (Å²) in [4.78, 5) is 29.4. The predicted molar refractivity (Wildman–Crippen MR) is 99.7 cm³/mol. The Labute approximate surface area is 152 Å². The maximum Gasteiger partial charge on any atom is 0.265 e. The van der Waals surface area contributed by atoms with Gasteiger partial charge < -0.3 is 15.4 Å². The summed E-state index contributed by atoms with van der Waals surface area (Å²) in [6, 6.07) is 5.37. The number of hydrogen-bond donors (Lipinski definition) is 3. The van der Waals surface area contributed by atoms with Crippen molar-refractivity contribution in [2.75, 3.05) is 5.32 Å². The molecule has 0 saturated heterocycles. The molecule has 0 saturated carbocycles. The minimum atomic E-state index is -0.764. The number of nitrogens with one attached hydrogen (secondary N) is 2. The van der Waals surface area contributed by atoms with Gasteiger partial charge in [-0.3, -0.25) is 9.59 Å². The minimum Gasteiger partial charge on any atom is -0.506 e. The Bertz CT molecular complexity index is 1090. The molecular formula is C19H17FN2O3S. The van der Waals surface area contributed by atoms with Gasteiger partial charge in [0.05, 0.1) is 5.39 Å². The second-order valence-corrected chi connectivity index (χ2v) is 7.80. The number of aryl methyl sites for hydroxylation is 1. The molecule has 0 aliphatic heterocycles. The molecule has 2 heterocycles. The largest absolute Gasteiger partial charge is 0.506 e. The van der Waals surface area contributed by atoms with Crippen LogP contribution in [-0.4, -0.2) is 16.0 Å². The van der Waals surface area contributed by atoms with Crippen molar-refractivity contribution in [3.05, 3.63) is 56.4 Å². The number of carbonyl (C=O) groups is 1. The maximum absolute atomic E-state index is 13.3. The molecule has 26 heavy (non-hydrogen) atoms. The molecule has 4 rings (SSSR count). The SMILES string of the molecule is C[C@@H]1CCc2c(sc3[nH]c(=O)c(C(=O)Nc4cccc(F)c4)c(O)c23)C1. The second-order valence-electron chi connectivity index (χ2n) is 6.70. The number of hydrogen-bond acceptors (Lipinski definition) is 4. The number of benzene rings is 1. The summed E-state index contributed by atoms with van der Waals surface area (Å²) >= 11 is 1.46. The molecular weight excluding hydrogens is 355 g/mol. The highest BCUT2D eigenvalue weighted by molar-refractivity contribution is 7.18. The molecule has 1 aromatic carbocycles. The number of amides is 1. The van der Waals surface area contributed by atoms with E-state index >= 15 is 0 Å². The predicted octanol–water partition coefficient (Wildman–Crippen LogP) is 3.81. The first-order valence-corrected chi connectivity index (χ1v) is 9.22. The van der Waals surface area contributed by atoms with E-state index in [4.69, 9.17) is 0 Å². The quantitative estimate of drug-likeness (QED) is 0.640. The molecule has 1 aliphatic carbocycles. The highest BCUT2D eigenvalue weighted by Crippen LogP contribution is 2.41. The van der Waals surface area contributed by atoms with Crippen LogP contribution in [0.4, 0.5) is 10.1 Å². The molecule has 0 radical (unpaired) electrons. The van der Waals surface area contributed by atoms with Crippen molar-refractivity contribution in [3.63, 3.8) is 0 Å². The Balaban J connectivity index is 1.80. The number of aromatic hydroxyl groups is 1. The van der Waals surface area contributed by atoms with Crippen LogP contribution in [-0.2, 0) is 12.8 Å². The molecule has 5 nitrogen and oxygen atoms in total. The van der Waals surface area contributed by atoms with E-state index in [9.17, 15) is 19.1 Å². The van der Waals surface area contributed by atoms with Gasteiger partial charge in [-0.1, -0.05) is 13.0 Å². The smallest absolute Gasteiger partial charge is 0.265 e. The Morgan fingerprint density at radius 3 is 3.00 bits per heavy atom. The molecule has 0 fully saturated rings. The summed E-state index contributed by atoms with van der Waals surface area (Å²) in [5.74, 6) is -1.01. The van der Waals surface area contributed by atoms with Gasteiger partial charge in [0.25, 0.3) is 11.5 Å². The number of H-pyrrole nitrogens is 1. The van der Waals surface area contributed by atoms with Gasteiger partial charge in [0, 0.05) is 10.6 Å². The molecule has 3 aromatic rings. The van der Waals surface area contributed by atoms with Gasteiger partial charge in [0.1, 0.15) is 22.0 Å². The van der Waals surface area contributed by atoms with E-state index < -0.39 is 17.3 Å². The van der Waals surface area contributed by atoms with E-state index in [1.165, 1.54) is 29.5 Å². The average molecular weight is 372 g/mol. The van der Waals surface area contributed by atoms with Crippen LogP contribution in [0.15, 0.2) is 29.1 Å². The lowest BCUT2D eigenvalue weighted by Crippen LogP contribution is -2.23. The number of carbonyl (C=O) groups excluding carboxylic acids is 1. The number of thiophene rings is 1. The lowest BCUT2D eigenvalue weighted by molar-refractivity contribution is 0.102. The second kappa shape index (κ2) is 6.25. The topological polar surface area (TPSA) is 82.2 Å². The summed E-state index contributed by atoms with van der Waals surface area (Å²) in [5.41, 5.74) is 0.225. The number of pyridine rings is 1. The van der Waals surface area contributed by atoms with Gasteiger partial charge in [-0.15, -0.1) is 11.3 Å². The van der Waals surface area contributed by atoms with E-state index in [-0.39, 0.29) is 17.0 Å². The number of rotatable bonds is 2. The first-order valence-electron chi connectivity index (χ1n) is 8.40. The number of halogens is 1. The minimum absolute atomic E-state index is 0.218. The Morgan fingerprint density at radius 2 is 2.23 bits per heavy atom. The maximum atomic E-state index is 13.3. The van der Waals surface area contributed by atoms with Gasteiger partial charge in [-0.25, -0.2) is 4.39 Å². The van der Waals surface area contributed by atoms with E-state index in [0.29, 0.717) is 16.1 Å². The summed E-state index contributed by atoms with van der Waals surface area (Å²) in [7, 11) is 0. The zero-order chi connectivity index (χ0) is 18.4. The highest BCUT2D eigenvalue weighted by atomic mass is 32.1. The molecule has 0 unspecified atom stereocenters. The fourth-order valence-corrected chi connectivity index (χ4v) is 4.87. The van der Waals surface area contributed by atoms with Crippen LogP contribution < -0.4 is 10.9 Å². The van der Waals surface area contributed by atoms with Crippen molar-refractivity contribution in [2.24, 2.45) is 5.92 Å². The van der Waals surface area contributed by atoms with E-state index in [0.717, 1.165) is 35.8 Å². The van der Waals surface area contributed by atoms with Gasteiger partial charge in [-0.2, -0.15) is 0 Å². The van der Waals surface area contributed by atoms with Gasteiger partial charge >= 0.3 is 0 Å². The average Bonchev–Trinajstić information content (AvgIpc) is 2.91.